The van der Waals surface area contributed by atoms with Crippen molar-refractivity contribution in [3.8, 4) is 6.07 Å². The summed E-state index contributed by atoms with van der Waals surface area (Å²) in [6.45, 7) is 2.83. The van der Waals surface area contributed by atoms with Crippen molar-refractivity contribution in [1.82, 2.24) is 9.88 Å². The average Bonchev–Trinajstić information content (AvgIpc) is 2.47. The van der Waals surface area contributed by atoms with Crippen molar-refractivity contribution in [2.24, 2.45) is 5.92 Å². The predicted molar refractivity (Wildman–Crippen MR) is 73.8 cm³/mol. The number of carboxylic acid groups (broad SMARTS) is 1. The summed E-state index contributed by atoms with van der Waals surface area (Å²) >= 11 is 0. The number of pyridine rings is 1. The Balaban J connectivity index is 1.79. The number of aliphatic carboxylic acids is 1. The Bertz CT molecular complexity index is 502. The van der Waals surface area contributed by atoms with Crippen LogP contribution in [0.25, 0.3) is 0 Å². The molecule has 20 heavy (non-hydrogen) atoms. The molecule has 2 rings (SSSR count). The summed E-state index contributed by atoms with van der Waals surface area (Å²) in [6.07, 6.45) is 4.86. The number of piperidine rings is 1. The summed E-state index contributed by atoms with van der Waals surface area (Å²) in [4.78, 5) is 16.9. The lowest BCUT2D eigenvalue weighted by Gasteiger charge is -2.31. The predicted octanol–water partition coefficient (Wildman–Crippen LogP) is 2.03. The van der Waals surface area contributed by atoms with E-state index in [1.54, 1.807) is 6.20 Å². The van der Waals surface area contributed by atoms with Crippen LogP contribution in [0.3, 0.4) is 0 Å². The minimum atomic E-state index is -0.701. The molecule has 0 aromatic carbocycles. The van der Waals surface area contributed by atoms with Gasteiger partial charge in [-0.15, -0.1) is 0 Å². The Morgan fingerprint density at radius 3 is 2.90 bits per heavy atom. The molecule has 1 aromatic rings. The van der Waals surface area contributed by atoms with Gasteiger partial charge in [0.25, 0.3) is 0 Å². The van der Waals surface area contributed by atoms with E-state index in [0.29, 0.717) is 11.6 Å². The zero-order chi connectivity index (χ0) is 14.4. The first-order chi connectivity index (χ1) is 9.67. The number of nitriles is 1. The van der Waals surface area contributed by atoms with Crippen molar-refractivity contribution in [2.45, 2.75) is 32.2 Å². The second kappa shape index (κ2) is 7.01. The van der Waals surface area contributed by atoms with Gasteiger partial charge in [0.15, 0.2) is 0 Å². The van der Waals surface area contributed by atoms with E-state index in [-0.39, 0.29) is 6.42 Å². The van der Waals surface area contributed by atoms with E-state index in [9.17, 15) is 4.79 Å². The largest absolute Gasteiger partial charge is 0.481 e. The van der Waals surface area contributed by atoms with Crippen LogP contribution >= 0.6 is 0 Å². The summed E-state index contributed by atoms with van der Waals surface area (Å²) in [5.41, 5.74) is 1.57. The molecule has 0 amide bonds. The Morgan fingerprint density at radius 2 is 2.25 bits per heavy atom. The highest BCUT2D eigenvalue weighted by molar-refractivity contribution is 5.66. The molecule has 0 spiro atoms. The van der Waals surface area contributed by atoms with Crippen molar-refractivity contribution in [3.05, 3.63) is 29.6 Å². The Morgan fingerprint density at radius 1 is 1.50 bits per heavy atom. The van der Waals surface area contributed by atoms with Gasteiger partial charge in [-0.2, -0.15) is 5.26 Å². The lowest BCUT2D eigenvalue weighted by molar-refractivity contribution is -0.137. The van der Waals surface area contributed by atoms with Gasteiger partial charge in [-0.05, 0) is 56.0 Å². The van der Waals surface area contributed by atoms with Gasteiger partial charge in [0.05, 0.1) is 0 Å². The van der Waals surface area contributed by atoms with Gasteiger partial charge >= 0.3 is 5.97 Å². The first-order valence-corrected chi connectivity index (χ1v) is 6.96. The molecule has 1 aliphatic heterocycles. The molecule has 1 aromatic heterocycles. The van der Waals surface area contributed by atoms with E-state index >= 15 is 0 Å². The standard InChI is InChI=1S/C15H19N3O2/c16-10-14-9-13(3-6-17-14)11-18-7-4-12(5-8-18)1-2-15(19)20/h3,6,9,12H,1-2,4-5,7-8,11H2,(H,19,20). The third-order valence-corrected chi connectivity index (χ3v) is 3.82. The summed E-state index contributed by atoms with van der Waals surface area (Å²) < 4.78 is 0. The fourth-order valence-corrected chi connectivity index (χ4v) is 2.65. The van der Waals surface area contributed by atoms with Gasteiger partial charge in [0.1, 0.15) is 11.8 Å². The van der Waals surface area contributed by atoms with Crippen molar-refractivity contribution in [2.75, 3.05) is 13.1 Å². The van der Waals surface area contributed by atoms with Crippen LogP contribution in [0.15, 0.2) is 18.3 Å². The normalized spacial score (nSPS) is 16.8. The third-order valence-electron chi connectivity index (χ3n) is 3.82. The molecule has 106 valence electrons. The molecule has 0 atom stereocenters. The van der Waals surface area contributed by atoms with Crippen LogP contribution in [-0.4, -0.2) is 34.0 Å². The number of hydrogen-bond acceptors (Lipinski definition) is 4. The maximum Gasteiger partial charge on any atom is 0.303 e. The summed E-state index contributed by atoms with van der Waals surface area (Å²) in [5, 5.41) is 17.5. The molecule has 1 saturated heterocycles. The smallest absolute Gasteiger partial charge is 0.303 e. The Hall–Kier alpha value is -1.93. The second-order valence-electron chi connectivity index (χ2n) is 5.31. The monoisotopic (exact) mass is 273 g/mol. The van der Waals surface area contributed by atoms with Crippen molar-refractivity contribution >= 4 is 5.97 Å². The Kier molecular flexibility index (Phi) is 5.08. The minimum absolute atomic E-state index is 0.278. The number of carboxylic acids is 1. The third kappa shape index (κ3) is 4.32. The molecule has 1 fully saturated rings. The first-order valence-electron chi connectivity index (χ1n) is 6.96. The van der Waals surface area contributed by atoms with E-state index in [2.05, 4.69) is 16.0 Å². The number of carbonyl (C=O) groups is 1. The maximum atomic E-state index is 10.6. The van der Waals surface area contributed by atoms with Crippen LogP contribution in [0.5, 0.6) is 0 Å². The van der Waals surface area contributed by atoms with Crippen LogP contribution < -0.4 is 0 Å². The number of rotatable bonds is 5. The van der Waals surface area contributed by atoms with Crippen molar-refractivity contribution < 1.29 is 9.90 Å². The zero-order valence-corrected chi connectivity index (χ0v) is 11.5. The molecular weight excluding hydrogens is 254 g/mol. The van der Waals surface area contributed by atoms with Gasteiger partial charge in [0, 0.05) is 19.2 Å². The van der Waals surface area contributed by atoms with Gasteiger partial charge in [0.2, 0.25) is 0 Å². The van der Waals surface area contributed by atoms with E-state index in [0.717, 1.165) is 44.5 Å². The van der Waals surface area contributed by atoms with Gasteiger partial charge < -0.3 is 5.11 Å². The number of nitrogens with zero attached hydrogens (tertiary/aromatic N) is 3. The average molecular weight is 273 g/mol. The lowest BCUT2D eigenvalue weighted by Crippen LogP contribution is -2.33. The molecular formula is C15H19N3O2. The molecule has 1 aliphatic rings. The van der Waals surface area contributed by atoms with Crippen LogP contribution in [0, 0.1) is 17.2 Å². The molecule has 1 N–H and O–H groups in total. The molecule has 0 saturated carbocycles. The summed E-state index contributed by atoms with van der Waals surface area (Å²) in [7, 11) is 0. The van der Waals surface area contributed by atoms with Crippen LogP contribution in [0.1, 0.15) is 36.9 Å². The van der Waals surface area contributed by atoms with Crippen LogP contribution in [0.2, 0.25) is 0 Å². The molecule has 0 aliphatic carbocycles. The molecule has 0 unspecified atom stereocenters. The van der Waals surface area contributed by atoms with Gasteiger partial charge in [-0.25, -0.2) is 4.98 Å². The van der Waals surface area contributed by atoms with E-state index < -0.39 is 5.97 Å². The summed E-state index contributed by atoms with van der Waals surface area (Å²) in [5.74, 6) is -0.164. The SMILES string of the molecule is N#Cc1cc(CN2CCC(CCC(=O)O)CC2)ccn1. The number of likely N-dealkylation sites (tertiary alicyclic amines) is 1. The van der Waals surface area contributed by atoms with Crippen molar-refractivity contribution in [1.29, 1.82) is 5.26 Å². The van der Waals surface area contributed by atoms with Gasteiger partial charge in [-0.3, -0.25) is 9.69 Å². The Labute approximate surface area is 118 Å². The molecule has 5 heteroatoms. The maximum absolute atomic E-state index is 10.6. The summed E-state index contributed by atoms with van der Waals surface area (Å²) in [6, 6.07) is 5.83. The lowest BCUT2D eigenvalue weighted by atomic mass is 9.92. The van der Waals surface area contributed by atoms with E-state index in [1.807, 2.05) is 12.1 Å². The van der Waals surface area contributed by atoms with Crippen molar-refractivity contribution in [3.63, 3.8) is 0 Å². The number of aromatic nitrogens is 1. The van der Waals surface area contributed by atoms with Gasteiger partial charge in [-0.1, -0.05) is 0 Å². The van der Waals surface area contributed by atoms with Crippen LogP contribution in [0.4, 0.5) is 0 Å². The highest BCUT2D eigenvalue weighted by atomic mass is 16.4. The zero-order valence-electron chi connectivity index (χ0n) is 11.5. The van der Waals surface area contributed by atoms with E-state index in [1.165, 1.54) is 0 Å². The molecule has 5 nitrogen and oxygen atoms in total. The van der Waals surface area contributed by atoms with E-state index in [4.69, 9.17) is 10.4 Å². The van der Waals surface area contributed by atoms with Crippen LogP contribution in [-0.2, 0) is 11.3 Å². The highest BCUT2D eigenvalue weighted by Crippen LogP contribution is 2.23. The highest BCUT2D eigenvalue weighted by Gasteiger charge is 2.19. The molecule has 0 bridgehead atoms. The molecule has 2 heterocycles. The fraction of sp³-hybridized carbons (Fsp3) is 0.533. The number of hydrogen-bond donors (Lipinski definition) is 1. The molecule has 0 radical (unpaired) electrons. The minimum Gasteiger partial charge on any atom is -0.481 e. The topological polar surface area (TPSA) is 77.2 Å². The second-order valence-corrected chi connectivity index (χ2v) is 5.31. The fourth-order valence-electron chi connectivity index (χ4n) is 2.65. The quantitative estimate of drug-likeness (QED) is 0.888. The first kappa shape index (κ1) is 14.5.